The number of H-pyrrole nitrogens is 1. The van der Waals surface area contributed by atoms with Crippen molar-refractivity contribution >= 4 is 39.9 Å². The second-order valence-corrected chi connectivity index (χ2v) is 9.91. The number of amides is 2. The average Bonchev–Trinajstić information content (AvgIpc) is 3.70. The number of carbonyl (C=O) groups is 2. The van der Waals surface area contributed by atoms with Crippen LogP contribution in [0.4, 0.5) is 5.69 Å². The number of aromatic amines is 1. The lowest BCUT2D eigenvalue weighted by atomic mass is 10.0. The predicted molar refractivity (Wildman–Crippen MR) is 144 cm³/mol. The maximum absolute atomic E-state index is 12.8. The quantitative estimate of drug-likeness (QED) is 0.327. The third-order valence-corrected chi connectivity index (χ3v) is 7.39. The third-order valence-electron chi connectivity index (χ3n) is 6.55. The number of aromatic nitrogens is 4. The Morgan fingerprint density at radius 1 is 1.03 bits per heavy atom. The van der Waals surface area contributed by atoms with Gasteiger partial charge in [0.2, 0.25) is 5.91 Å². The van der Waals surface area contributed by atoms with E-state index >= 15 is 0 Å². The molecule has 5 heterocycles. The Kier molecular flexibility index (Phi) is 6.20. The Morgan fingerprint density at radius 2 is 1.89 bits per heavy atom. The summed E-state index contributed by atoms with van der Waals surface area (Å²) in [6, 6.07) is 13.9. The Bertz CT molecular complexity index is 1580. The molecule has 5 aromatic rings. The molecular weight excluding hydrogens is 484 g/mol. The second kappa shape index (κ2) is 9.94. The fraction of sp³-hybridized carbons (Fsp3) is 0.179. The second-order valence-electron chi connectivity index (χ2n) is 8.94. The van der Waals surface area contributed by atoms with Crippen LogP contribution >= 0.6 is 11.3 Å². The van der Waals surface area contributed by atoms with E-state index in [1.54, 1.807) is 23.0 Å². The number of hydrogen-bond acceptors (Lipinski definition) is 6. The first-order valence-electron chi connectivity index (χ1n) is 12.2. The largest absolute Gasteiger partial charge is 0.350 e. The van der Waals surface area contributed by atoms with E-state index in [1.165, 1.54) is 0 Å². The van der Waals surface area contributed by atoms with Crippen molar-refractivity contribution in [1.29, 1.82) is 0 Å². The molecule has 37 heavy (non-hydrogen) atoms. The Balaban J connectivity index is 1.23. The summed E-state index contributed by atoms with van der Waals surface area (Å²) >= 11 is 1.58. The smallest absolute Gasteiger partial charge is 0.267 e. The first-order chi connectivity index (χ1) is 18.2. The SMILES string of the molecule is O=C(NCCc1cncs1)c1cc2c(-c3cncc(-c4ccc(N5CCCC5=O)cc4)c3)ccnc2[nH]1. The van der Waals surface area contributed by atoms with Gasteiger partial charge in [0.05, 0.1) is 5.51 Å². The zero-order chi connectivity index (χ0) is 25.2. The van der Waals surface area contributed by atoms with Crippen molar-refractivity contribution in [2.75, 3.05) is 18.0 Å². The fourth-order valence-corrected chi connectivity index (χ4v) is 5.26. The van der Waals surface area contributed by atoms with Gasteiger partial charge >= 0.3 is 0 Å². The van der Waals surface area contributed by atoms with Gasteiger partial charge in [-0.25, -0.2) is 4.98 Å². The van der Waals surface area contributed by atoms with Crippen LogP contribution in [0.15, 0.2) is 72.8 Å². The highest BCUT2D eigenvalue weighted by atomic mass is 32.1. The summed E-state index contributed by atoms with van der Waals surface area (Å²) in [4.78, 5) is 43.9. The molecule has 9 heteroatoms. The minimum atomic E-state index is -0.170. The Hall–Kier alpha value is -4.37. The monoisotopic (exact) mass is 508 g/mol. The van der Waals surface area contributed by atoms with Gasteiger partial charge in [-0.2, -0.15) is 0 Å². The topological polar surface area (TPSA) is 104 Å². The molecular formula is C28H24N6O2S. The van der Waals surface area contributed by atoms with Crippen LogP contribution in [0.3, 0.4) is 0 Å². The summed E-state index contributed by atoms with van der Waals surface area (Å²) in [7, 11) is 0. The van der Waals surface area contributed by atoms with E-state index in [1.807, 2.05) is 59.9 Å². The van der Waals surface area contributed by atoms with Crippen LogP contribution in [0.1, 0.15) is 28.2 Å². The normalized spacial score (nSPS) is 13.4. The standard InChI is InChI=1S/C28H24N6O2S/c35-26-2-1-11-34(26)21-5-3-18(4-6-21)19-12-20(15-29-14-19)23-8-10-31-27-24(23)13-25(33-27)28(36)32-9-7-22-16-30-17-37-22/h3-6,8,10,12-17H,1-2,7,9,11H2,(H,31,33)(H,32,36). The summed E-state index contributed by atoms with van der Waals surface area (Å²) in [6.45, 7) is 1.31. The van der Waals surface area contributed by atoms with E-state index in [9.17, 15) is 9.59 Å². The molecule has 2 amide bonds. The van der Waals surface area contributed by atoms with Crippen molar-refractivity contribution < 1.29 is 9.59 Å². The molecule has 184 valence electrons. The van der Waals surface area contributed by atoms with Crippen molar-refractivity contribution in [1.82, 2.24) is 25.3 Å². The van der Waals surface area contributed by atoms with Gasteiger partial charge in [0, 0.05) is 77.8 Å². The van der Waals surface area contributed by atoms with E-state index in [0.29, 0.717) is 24.3 Å². The molecule has 1 saturated heterocycles. The van der Waals surface area contributed by atoms with E-state index in [0.717, 1.165) is 57.6 Å². The molecule has 0 spiro atoms. The number of pyridine rings is 2. The molecule has 0 bridgehead atoms. The average molecular weight is 509 g/mol. The minimum Gasteiger partial charge on any atom is -0.350 e. The molecule has 1 aliphatic heterocycles. The minimum absolute atomic E-state index is 0.170. The van der Waals surface area contributed by atoms with Gasteiger partial charge in [-0.1, -0.05) is 12.1 Å². The molecule has 0 radical (unpaired) electrons. The molecule has 1 aliphatic rings. The lowest BCUT2D eigenvalue weighted by Gasteiger charge is -2.16. The highest BCUT2D eigenvalue weighted by Gasteiger charge is 2.21. The zero-order valence-electron chi connectivity index (χ0n) is 20.0. The number of thiazole rings is 1. The zero-order valence-corrected chi connectivity index (χ0v) is 20.8. The van der Waals surface area contributed by atoms with E-state index in [4.69, 9.17) is 0 Å². The van der Waals surface area contributed by atoms with Crippen molar-refractivity contribution in [2.24, 2.45) is 0 Å². The number of rotatable bonds is 7. The van der Waals surface area contributed by atoms with Gasteiger partial charge in [-0.05, 0) is 47.9 Å². The van der Waals surface area contributed by atoms with Gasteiger partial charge < -0.3 is 15.2 Å². The van der Waals surface area contributed by atoms with Gasteiger partial charge in [-0.3, -0.25) is 19.6 Å². The number of carbonyl (C=O) groups excluding carboxylic acids is 2. The van der Waals surface area contributed by atoms with Crippen LogP contribution in [0.5, 0.6) is 0 Å². The maximum atomic E-state index is 12.8. The van der Waals surface area contributed by atoms with E-state index in [-0.39, 0.29) is 11.8 Å². The molecule has 0 aliphatic carbocycles. The summed E-state index contributed by atoms with van der Waals surface area (Å²) in [5.41, 5.74) is 7.70. The highest BCUT2D eigenvalue weighted by Crippen LogP contribution is 2.31. The van der Waals surface area contributed by atoms with Crippen LogP contribution < -0.4 is 10.2 Å². The van der Waals surface area contributed by atoms with Gasteiger partial charge in [-0.15, -0.1) is 11.3 Å². The molecule has 8 nitrogen and oxygen atoms in total. The number of hydrogen-bond donors (Lipinski definition) is 2. The molecule has 1 aromatic carbocycles. The molecule has 2 N–H and O–H groups in total. The summed E-state index contributed by atoms with van der Waals surface area (Å²) in [6.07, 6.45) is 9.46. The number of nitrogens with zero attached hydrogens (tertiary/aromatic N) is 4. The van der Waals surface area contributed by atoms with Gasteiger partial charge in [0.25, 0.3) is 5.91 Å². The lowest BCUT2D eigenvalue weighted by Crippen LogP contribution is -2.25. The number of anilines is 1. The molecule has 0 saturated carbocycles. The first kappa shape index (κ1) is 23.1. The van der Waals surface area contributed by atoms with Gasteiger partial charge in [0.15, 0.2) is 0 Å². The highest BCUT2D eigenvalue weighted by molar-refractivity contribution is 7.09. The van der Waals surface area contributed by atoms with Crippen molar-refractivity contribution in [3.05, 3.63) is 83.3 Å². The van der Waals surface area contributed by atoms with E-state index < -0.39 is 0 Å². The number of nitrogens with one attached hydrogen (secondary N) is 2. The van der Waals surface area contributed by atoms with Crippen LogP contribution in [0, 0.1) is 0 Å². The summed E-state index contributed by atoms with van der Waals surface area (Å²) < 4.78 is 0. The Morgan fingerprint density at radius 3 is 2.68 bits per heavy atom. The summed E-state index contributed by atoms with van der Waals surface area (Å²) in [5.74, 6) is 0.00870. The fourth-order valence-electron chi connectivity index (χ4n) is 4.66. The summed E-state index contributed by atoms with van der Waals surface area (Å²) in [5, 5.41) is 3.82. The molecule has 4 aromatic heterocycles. The van der Waals surface area contributed by atoms with Crippen LogP contribution in [0.25, 0.3) is 33.3 Å². The third kappa shape index (κ3) is 4.73. The van der Waals surface area contributed by atoms with Crippen LogP contribution in [-0.2, 0) is 11.2 Å². The Labute approximate surface area is 217 Å². The molecule has 1 fully saturated rings. The van der Waals surface area contributed by atoms with Crippen molar-refractivity contribution in [3.8, 4) is 22.3 Å². The maximum Gasteiger partial charge on any atom is 0.267 e. The first-order valence-corrected chi connectivity index (χ1v) is 13.0. The van der Waals surface area contributed by atoms with Crippen LogP contribution in [0.2, 0.25) is 0 Å². The molecule has 0 atom stereocenters. The lowest BCUT2D eigenvalue weighted by molar-refractivity contribution is -0.117. The molecule has 6 rings (SSSR count). The van der Waals surface area contributed by atoms with Gasteiger partial charge in [0.1, 0.15) is 11.3 Å². The number of benzene rings is 1. The predicted octanol–water partition coefficient (Wildman–Crippen LogP) is 4.85. The van der Waals surface area contributed by atoms with E-state index in [2.05, 4.69) is 31.3 Å². The van der Waals surface area contributed by atoms with Crippen LogP contribution in [-0.4, -0.2) is 44.8 Å². The molecule has 0 unspecified atom stereocenters. The van der Waals surface area contributed by atoms with Crippen molar-refractivity contribution in [3.63, 3.8) is 0 Å². The van der Waals surface area contributed by atoms with Crippen molar-refractivity contribution in [2.45, 2.75) is 19.3 Å². The number of fused-ring (bicyclic) bond motifs is 1.